The van der Waals surface area contributed by atoms with Crippen molar-refractivity contribution in [2.24, 2.45) is 5.73 Å². The van der Waals surface area contributed by atoms with E-state index in [1.807, 2.05) is 41.3 Å². The van der Waals surface area contributed by atoms with E-state index in [0.717, 1.165) is 63.9 Å². The Labute approximate surface area is 228 Å². The molecular weight excluding hydrogens is 478 g/mol. The predicted molar refractivity (Wildman–Crippen MR) is 157 cm³/mol. The van der Waals surface area contributed by atoms with Crippen LogP contribution in [0.15, 0.2) is 116 Å². The van der Waals surface area contributed by atoms with Gasteiger partial charge in [-0.25, -0.2) is 4.98 Å². The number of benzene rings is 3. The number of rotatable bonds is 6. The van der Waals surface area contributed by atoms with Crippen LogP contribution in [-0.4, -0.2) is 19.7 Å². The topological polar surface area (TPSA) is 69.6 Å². The van der Waals surface area contributed by atoms with Crippen molar-refractivity contribution < 1.29 is 0 Å². The maximum Gasteiger partial charge on any atom is 0.0893 e. The summed E-state index contributed by atoms with van der Waals surface area (Å²) in [6.45, 7) is 0.724. The number of nitrogens with two attached hydrogens (primary N) is 1. The Bertz CT molecular complexity index is 1750. The lowest BCUT2D eigenvalue weighted by Crippen LogP contribution is -2.43. The normalized spacial score (nSPS) is 14.3. The van der Waals surface area contributed by atoms with Crippen molar-refractivity contribution in [3.05, 3.63) is 127 Å². The molecule has 0 saturated heterocycles. The number of pyridine rings is 2. The molecule has 3 aromatic carbocycles. The third-order valence-electron chi connectivity index (χ3n) is 7.88. The molecule has 5 heteroatoms. The monoisotopic (exact) mass is 507 g/mol. The van der Waals surface area contributed by atoms with Crippen LogP contribution in [-0.2, 0) is 12.1 Å². The lowest BCUT2D eigenvalue weighted by molar-refractivity contribution is 0.253. The molecule has 1 saturated carbocycles. The summed E-state index contributed by atoms with van der Waals surface area (Å²) in [5, 5.41) is 5.62. The summed E-state index contributed by atoms with van der Waals surface area (Å²) in [6, 6.07) is 33.8. The van der Waals surface area contributed by atoms with Crippen LogP contribution >= 0.6 is 0 Å². The van der Waals surface area contributed by atoms with E-state index >= 15 is 0 Å². The van der Waals surface area contributed by atoms with Gasteiger partial charge in [-0.1, -0.05) is 84.9 Å². The van der Waals surface area contributed by atoms with Crippen LogP contribution < -0.4 is 5.73 Å². The van der Waals surface area contributed by atoms with Crippen molar-refractivity contribution in [3.63, 3.8) is 0 Å². The fourth-order valence-corrected chi connectivity index (χ4v) is 5.45. The Hall–Kier alpha value is -4.61. The molecule has 3 heterocycles. The first-order valence-corrected chi connectivity index (χ1v) is 13.5. The van der Waals surface area contributed by atoms with Crippen LogP contribution in [0, 0.1) is 0 Å². The van der Waals surface area contributed by atoms with Crippen LogP contribution in [0.2, 0.25) is 0 Å². The Morgan fingerprint density at radius 2 is 1.51 bits per heavy atom. The van der Waals surface area contributed by atoms with Crippen LogP contribution in [0.5, 0.6) is 0 Å². The van der Waals surface area contributed by atoms with Gasteiger partial charge in [0.25, 0.3) is 0 Å². The molecule has 3 aromatic heterocycles. The van der Waals surface area contributed by atoms with Crippen LogP contribution in [0.3, 0.4) is 0 Å². The third-order valence-corrected chi connectivity index (χ3v) is 7.88. The van der Waals surface area contributed by atoms with Gasteiger partial charge in [0.15, 0.2) is 0 Å². The standard InChI is InChI=1S/C34H29N5/c35-34(16-7-17-34)29-14-12-26(13-15-29)33-30(25-10-5-2-6-11-25)18-27-19-31(36-21-32(27)38-33)28-20-37-39(23-28)22-24-8-3-1-4-9-24/h1-6,8-15,18-21,23H,7,16-17,22,35H2. The number of hydrogen-bond acceptors (Lipinski definition) is 4. The molecule has 0 aliphatic heterocycles. The highest BCUT2D eigenvalue weighted by Crippen LogP contribution is 2.40. The Balaban J connectivity index is 1.27. The molecule has 6 aromatic rings. The summed E-state index contributed by atoms with van der Waals surface area (Å²) in [5.41, 5.74) is 15.8. The van der Waals surface area contributed by atoms with Gasteiger partial charge in [0.1, 0.15) is 0 Å². The zero-order valence-corrected chi connectivity index (χ0v) is 21.7. The lowest BCUT2D eigenvalue weighted by Gasteiger charge is -2.38. The second-order valence-corrected chi connectivity index (χ2v) is 10.5. The van der Waals surface area contributed by atoms with Crippen LogP contribution in [0.25, 0.3) is 44.5 Å². The minimum absolute atomic E-state index is 0.174. The summed E-state index contributed by atoms with van der Waals surface area (Å²) in [5.74, 6) is 0. The van der Waals surface area contributed by atoms with E-state index in [1.165, 1.54) is 17.5 Å². The van der Waals surface area contributed by atoms with Crippen molar-refractivity contribution in [1.29, 1.82) is 0 Å². The van der Waals surface area contributed by atoms with Gasteiger partial charge < -0.3 is 5.73 Å². The summed E-state index contributed by atoms with van der Waals surface area (Å²) < 4.78 is 1.95. The second kappa shape index (κ2) is 9.61. The van der Waals surface area contributed by atoms with Crippen molar-refractivity contribution in [1.82, 2.24) is 19.7 Å². The van der Waals surface area contributed by atoms with Crippen molar-refractivity contribution in [2.45, 2.75) is 31.3 Å². The van der Waals surface area contributed by atoms with E-state index in [0.29, 0.717) is 0 Å². The van der Waals surface area contributed by atoms with Gasteiger partial charge in [0.05, 0.1) is 35.8 Å². The van der Waals surface area contributed by atoms with Crippen LogP contribution in [0.4, 0.5) is 0 Å². The maximum absolute atomic E-state index is 6.58. The minimum atomic E-state index is -0.174. The Morgan fingerprint density at radius 3 is 2.23 bits per heavy atom. The number of hydrogen-bond donors (Lipinski definition) is 1. The largest absolute Gasteiger partial charge is 0.321 e. The predicted octanol–water partition coefficient (Wildman–Crippen LogP) is 7.21. The zero-order chi connectivity index (χ0) is 26.2. The SMILES string of the molecule is NC1(c2ccc(-c3nc4cnc(-c5cnn(Cc6ccccc6)c5)cc4cc3-c3ccccc3)cc2)CCC1. The first kappa shape index (κ1) is 23.5. The molecule has 0 radical (unpaired) electrons. The lowest BCUT2D eigenvalue weighted by atomic mass is 9.72. The molecule has 2 N–H and O–H groups in total. The van der Waals surface area contributed by atoms with Gasteiger partial charge in [0.2, 0.25) is 0 Å². The van der Waals surface area contributed by atoms with Gasteiger partial charge in [-0.3, -0.25) is 9.67 Å². The summed E-state index contributed by atoms with van der Waals surface area (Å²) in [6.07, 6.45) is 9.10. The van der Waals surface area contributed by atoms with Gasteiger partial charge >= 0.3 is 0 Å². The number of aromatic nitrogens is 4. The quantitative estimate of drug-likeness (QED) is 0.259. The van der Waals surface area contributed by atoms with E-state index < -0.39 is 0 Å². The molecule has 0 spiro atoms. The molecule has 0 unspecified atom stereocenters. The molecule has 0 bridgehead atoms. The first-order valence-electron chi connectivity index (χ1n) is 13.5. The van der Waals surface area contributed by atoms with E-state index in [4.69, 9.17) is 15.7 Å². The minimum Gasteiger partial charge on any atom is -0.321 e. The van der Waals surface area contributed by atoms with Gasteiger partial charge in [0, 0.05) is 33.8 Å². The molecular formula is C34H29N5. The number of fused-ring (bicyclic) bond motifs is 1. The summed E-state index contributed by atoms with van der Waals surface area (Å²) >= 11 is 0. The fraction of sp³-hybridized carbons (Fsp3) is 0.147. The third kappa shape index (κ3) is 4.51. The van der Waals surface area contributed by atoms with Crippen molar-refractivity contribution in [2.75, 3.05) is 0 Å². The highest BCUT2D eigenvalue weighted by Gasteiger charge is 2.34. The molecule has 7 rings (SSSR count). The molecule has 1 fully saturated rings. The molecule has 190 valence electrons. The van der Waals surface area contributed by atoms with Gasteiger partial charge in [-0.15, -0.1) is 0 Å². The average Bonchev–Trinajstić information content (AvgIpc) is 3.44. The highest BCUT2D eigenvalue weighted by molar-refractivity contribution is 5.92. The van der Waals surface area contributed by atoms with Crippen molar-refractivity contribution >= 4 is 10.9 Å². The second-order valence-electron chi connectivity index (χ2n) is 10.5. The summed E-state index contributed by atoms with van der Waals surface area (Å²) in [7, 11) is 0. The van der Waals surface area contributed by atoms with E-state index in [-0.39, 0.29) is 5.54 Å². The molecule has 1 aliphatic carbocycles. The van der Waals surface area contributed by atoms with Crippen molar-refractivity contribution in [3.8, 4) is 33.6 Å². The summed E-state index contributed by atoms with van der Waals surface area (Å²) in [4.78, 5) is 9.90. The fourth-order valence-electron chi connectivity index (χ4n) is 5.45. The van der Waals surface area contributed by atoms with Gasteiger partial charge in [-0.05, 0) is 48.1 Å². The molecule has 0 atom stereocenters. The first-order chi connectivity index (χ1) is 19.1. The Morgan fingerprint density at radius 1 is 0.769 bits per heavy atom. The maximum atomic E-state index is 6.58. The van der Waals surface area contributed by atoms with E-state index in [1.54, 1.807) is 0 Å². The molecule has 0 amide bonds. The smallest absolute Gasteiger partial charge is 0.0893 e. The van der Waals surface area contributed by atoms with Crippen LogP contribution in [0.1, 0.15) is 30.4 Å². The van der Waals surface area contributed by atoms with E-state index in [9.17, 15) is 0 Å². The number of nitrogens with zero attached hydrogens (tertiary/aromatic N) is 4. The van der Waals surface area contributed by atoms with E-state index in [2.05, 4.69) is 84.1 Å². The Kier molecular flexibility index (Phi) is 5.79. The zero-order valence-electron chi connectivity index (χ0n) is 21.7. The molecule has 1 aliphatic rings. The molecule has 5 nitrogen and oxygen atoms in total. The highest BCUT2D eigenvalue weighted by atomic mass is 15.3. The average molecular weight is 508 g/mol. The van der Waals surface area contributed by atoms with Gasteiger partial charge in [-0.2, -0.15) is 5.10 Å². The molecule has 39 heavy (non-hydrogen) atoms.